The van der Waals surface area contributed by atoms with Crippen molar-refractivity contribution < 1.29 is 23.5 Å². The van der Waals surface area contributed by atoms with Crippen LogP contribution in [0.5, 0.6) is 0 Å². The summed E-state index contributed by atoms with van der Waals surface area (Å²) in [5.74, 6) is -3.63. The fourth-order valence-corrected chi connectivity index (χ4v) is 4.33. The number of hydrogen-bond donors (Lipinski definition) is 3. The highest BCUT2D eigenvalue weighted by molar-refractivity contribution is 6.07. The first kappa shape index (κ1) is 23.2. The van der Waals surface area contributed by atoms with E-state index in [1.807, 2.05) is 37.3 Å². The normalized spacial score (nSPS) is 16.3. The molecule has 0 saturated carbocycles. The van der Waals surface area contributed by atoms with Gasteiger partial charge in [-0.25, -0.2) is 8.78 Å². The number of amides is 1. The predicted molar refractivity (Wildman–Crippen MR) is 127 cm³/mol. The van der Waals surface area contributed by atoms with Gasteiger partial charge in [0, 0.05) is 5.69 Å². The maximum absolute atomic E-state index is 14.5. The monoisotopic (exact) mass is 465 g/mol. The summed E-state index contributed by atoms with van der Waals surface area (Å²) >= 11 is 0. The van der Waals surface area contributed by atoms with Crippen LogP contribution in [-0.4, -0.2) is 22.6 Å². The Labute approximate surface area is 196 Å². The zero-order valence-corrected chi connectivity index (χ0v) is 18.6. The molecule has 0 bridgehead atoms. The van der Waals surface area contributed by atoms with Crippen LogP contribution in [0.1, 0.15) is 42.1 Å². The molecular weight excluding hydrogens is 440 g/mol. The van der Waals surface area contributed by atoms with Crippen molar-refractivity contribution in [1.82, 2.24) is 0 Å². The second-order valence-electron chi connectivity index (χ2n) is 8.36. The molecule has 6 nitrogen and oxygen atoms in total. The Hall–Kier alpha value is -3.94. The minimum absolute atomic E-state index is 0.0922. The van der Waals surface area contributed by atoms with Crippen LogP contribution in [-0.2, 0) is 11.3 Å². The zero-order chi connectivity index (χ0) is 24.3. The smallest absolute Gasteiger partial charge is 0.307 e. The zero-order valence-electron chi connectivity index (χ0n) is 18.6. The molecule has 1 heterocycles. The summed E-state index contributed by atoms with van der Waals surface area (Å²) in [6.45, 7) is 2.06. The van der Waals surface area contributed by atoms with E-state index in [1.54, 1.807) is 18.2 Å². The topological polar surface area (TPSA) is 81.7 Å². The van der Waals surface area contributed by atoms with Crippen molar-refractivity contribution in [2.75, 3.05) is 15.5 Å². The molecule has 3 N–H and O–H groups in total. The summed E-state index contributed by atoms with van der Waals surface area (Å²) in [5, 5.41) is 15.9. The number of carbonyl (C=O) groups excluding carboxylic acids is 1. The number of benzene rings is 3. The number of rotatable bonds is 8. The van der Waals surface area contributed by atoms with Gasteiger partial charge in [-0.1, -0.05) is 49.7 Å². The minimum atomic E-state index is -0.947. The average molecular weight is 466 g/mol. The lowest BCUT2D eigenvalue weighted by Crippen LogP contribution is -2.43. The number of fused-ring (bicyclic) bond motifs is 1. The second kappa shape index (κ2) is 9.51. The van der Waals surface area contributed by atoms with Gasteiger partial charge in [-0.2, -0.15) is 0 Å². The second-order valence-corrected chi connectivity index (χ2v) is 8.36. The Morgan fingerprint density at radius 3 is 2.26 bits per heavy atom. The highest BCUT2D eigenvalue weighted by atomic mass is 19.1. The van der Waals surface area contributed by atoms with Crippen molar-refractivity contribution >= 4 is 28.9 Å². The summed E-state index contributed by atoms with van der Waals surface area (Å²) in [6.07, 6.45) is 1.17. The number of halogens is 2. The predicted octanol–water partition coefficient (Wildman–Crippen LogP) is 5.62. The Balaban J connectivity index is 1.73. The fraction of sp³-hybridized carbons (Fsp3) is 0.231. The lowest BCUT2D eigenvalue weighted by molar-refractivity contribution is -0.138. The highest BCUT2D eigenvalue weighted by Gasteiger charge is 2.38. The molecule has 0 spiro atoms. The van der Waals surface area contributed by atoms with E-state index in [9.17, 15) is 23.5 Å². The fourth-order valence-electron chi connectivity index (χ4n) is 4.33. The lowest BCUT2D eigenvalue weighted by atomic mass is 10.0. The number of anilines is 3. The first-order valence-corrected chi connectivity index (χ1v) is 11.0. The quantitative estimate of drug-likeness (QED) is 0.402. The molecule has 3 aromatic carbocycles. The molecule has 34 heavy (non-hydrogen) atoms. The molecule has 0 radical (unpaired) electrons. The third-order valence-corrected chi connectivity index (χ3v) is 5.80. The molecule has 1 atom stereocenters. The average Bonchev–Trinajstić information content (AvgIpc) is 3.14. The largest absolute Gasteiger partial charge is 0.481 e. The third kappa shape index (κ3) is 4.71. The van der Waals surface area contributed by atoms with Gasteiger partial charge in [0.15, 0.2) is 0 Å². The standard InChI is InChI=1S/C26H25F2N3O3/c1-2-13-26(15-23(32)33)29-21-12-11-18(14-22(21)30-26)31(16-17-7-4-3-5-8-17)25(34)24-19(27)9-6-10-20(24)28/h3-12,14,29-30H,2,13,15-16H2,1H3,(H,32,33). The van der Waals surface area contributed by atoms with Crippen molar-refractivity contribution in [3.8, 4) is 0 Å². The molecule has 0 aliphatic carbocycles. The van der Waals surface area contributed by atoms with E-state index in [4.69, 9.17) is 0 Å². The van der Waals surface area contributed by atoms with E-state index in [0.717, 1.165) is 24.1 Å². The van der Waals surface area contributed by atoms with E-state index in [1.165, 1.54) is 11.0 Å². The number of carbonyl (C=O) groups is 2. The van der Waals surface area contributed by atoms with Gasteiger partial charge >= 0.3 is 5.97 Å². The van der Waals surface area contributed by atoms with E-state index >= 15 is 0 Å². The molecule has 1 aliphatic rings. The Morgan fingerprint density at radius 2 is 1.62 bits per heavy atom. The van der Waals surface area contributed by atoms with Crippen LogP contribution in [0.4, 0.5) is 25.8 Å². The maximum atomic E-state index is 14.5. The van der Waals surface area contributed by atoms with Crippen LogP contribution in [0.2, 0.25) is 0 Å². The van der Waals surface area contributed by atoms with E-state index in [2.05, 4.69) is 10.6 Å². The molecular formula is C26H25F2N3O3. The van der Waals surface area contributed by atoms with Crippen LogP contribution in [0, 0.1) is 11.6 Å². The SMILES string of the molecule is CCCC1(CC(=O)O)Nc2ccc(N(Cc3ccccc3)C(=O)c3c(F)cccc3F)cc2N1. The van der Waals surface area contributed by atoms with E-state index < -0.39 is 34.7 Å². The molecule has 1 aliphatic heterocycles. The van der Waals surface area contributed by atoms with Crippen LogP contribution in [0.25, 0.3) is 0 Å². The van der Waals surface area contributed by atoms with Gasteiger partial charge in [0.25, 0.3) is 5.91 Å². The molecule has 176 valence electrons. The summed E-state index contributed by atoms with van der Waals surface area (Å²) in [4.78, 5) is 26.2. The van der Waals surface area contributed by atoms with Gasteiger partial charge in [0.05, 0.1) is 24.3 Å². The minimum Gasteiger partial charge on any atom is -0.481 e. The molecule has 4 rings (SSSR count). The summed E-state index contributed by atoms with van der Waals surface area (Å²) in [7, 11) is 0. The van der Waals surface area contributed by atoms with Crippen molar-refractivity contribution in [1.29, 1.82) is 0 Å². The summed E-state index contributed by atoms with van der Waals surface area (Å²) in [6, 6.07) is 17.6. The van der Waals surface area contributed by atoms with Crippen LogP contribution in [0.15, 0.2) is 66.7 Å². The number of hydrogen-bond acceptors (Lipinski definition) is 4. The van der Waals surface area contributed by atoms with Crippen LogP contribution < -0.4 is 15.5 Å². The number of carboxylic acid groups (broad SMARTS) is 1. The lowest BCUT2D eigenvalue weighted by Gasteiger charge is -2.29. The highest BCUT2D eigenvalue weighted by Crippen LogP contribution is 2.40. The Kier molecular flexibility index (Phi) is 6.49. The van der Waals surface area contributed by atoms with Crippen molar-refractivity contribution in [3.05, 3.63) is 89.5 Å². The summed E-state index contributed by atoms with van der Waals surface area (Å²) in [5.41, 5.74) is 1.04. The Morgan fingerprint density at radius 1 is 0.941 bits per heavy atom. The molecule has 1 amide bonds. The van der Waals surface area contributed by atoms with Gasteiger partial charge in [-0.3, -0.25) is 9.59 Å². The van der Waals surface area contributed by atoms with Gasteiger partial charge in [0.1, 0.15) is 22.9 Å². The molecule has 3 aromatic rings. The maximum Gasteiger partial charge on any atom is 0.307 e. The number of nitrogens with zero attached hydrogens (tertiary/aromatic N) is 1. The van der Waals surface area contributed by atoms with Crippen molar-refractivity contribution in [2.24, 2.45) is 0 Å². The van der Waals surface area contributed by atoms with Crippen LogP contribution >= 0.6 is 0 Å². The van der Waals surface area contributed by atoms with E-state index in [0.29, 0.717) is 23.5 Å². The number of aliphatic carboxylic acids is 1. The van der Waals surface area contributed by atoms with Crippen molar-refractivity contribution in [3.63, 3.8) is 0 Å². The molecule has 8 heteroatoms. The van der Waals surface area contributed by atoms with Crippen molar-refractivity contribution in [2.45, 2.75) is 38.4 Å². The molecule has 1 unspecified atom stereocenters. The molecule has 0 aromatic heterocycles. The van der Waals surface area contributed by atoms with E-state index in [-0.39, 0.29) is 13.0 Å². The molecule has 0 saturated heterocycles. The van der Waals surface area contributed by atoms with Gasteiger partial charge in [0.2, 0.25) is 0 Å². The third-order valence-electron chi connectivity index (χ3n) is 5.80. The van der Waals surface area contributed by atoms with Crippen LogP contribution in [0.3, 0.4) is 0 Å². The first-order chi connectivity index (χ1) is 16.3. The molecule has 0 fully saturated rings. The first-order valence-electron chi connectivity index (χ1n) is 11.0. The summed E-state index contributed by atoms with van der Waals surface area (Å²) < 4.78 is 29.0. The van der Waals surface area contributed by atoms with Gasteiger partial charge in [-0.05, 0) is 42.3 Å². The number of nitrogens with one attached hydrogen (secondary N) is 2. The van der Waals surface area contributed by atoms with Gasteiger partial charge < -0.3 is 20.6 Å². The number of carboxylic acids is 1. The Bertz CT molecular complexity index is 1200. The van der Waals surface area contributed by atoms with Gasteiger partial charge in [-0.15, -0.1) is 0 Å².